The molecule has 4 aromatic rings. The number of benzene rings is 2. The van der Waals surface area contributed by atoms with Crippen LogP contribution in [0.1, 0.15) is 5.69 Å². The Hall–Kier alpha value is -3.12. The normalized spacial score (nSPS) is 10.9. The summed E-state index contributed by atoms with van der Waals surface area (Å²) in [5.74, 6) is 0.833. The Labute approximate surface area is 167 Å². The Bertz CT molecular complexity index is 1090. The van der Waals surface area contributed by atoms with Gasteiger partial charge in [-0.25, -0.2) is 4.98 Å². The van der Waals surface area contributed by atoms with E-state index in [1.54, 1.807) is 18.4 Å². The number of hydrogen-bond acceptors (Lipinski definition) is 4. The van der Waals surface area contributed by atoms with Gasteiger partial charge in [-0.15, -0.1) is 11.3 Å². The van der Waals surface area contributed by atoms with Gasteiger partial charge in [0.15, 0.2) is 0 Å². The van der Waals surface area contributed by atoms with Crippen molar-refractivity contribution in [1.29, 1.82) is 0 Å². The Kier molecular flexibility index (Phi) is 5.39. The number of nitrogens with one attached hydrogen (secondary N) is 1. The van der Waals surface area contributed by atoms with Crippen LogP contribution in [-0.4, -0.2) is 29.1 Å². The summed E-state index contributed by atoms with van der Waals surface area (Å²) >= 11 is 1.57. The van der Waals surface area contributed by atoms with E-state index in [9.17, 15) is 4.79 Å². The lowest BCUT2D eigenvalue weighted by Gasteiger charge is -2.08. The van der Waals surface area contributed by atoms with Gasteiger partial charge in [-0.1, -0.05) is 30.3 Å². The molecule has 4 rings (SSSR count). The number of carbonyl (C=O) groups excluding carboxylic acids is 1. The molecule has 0 aliphatic rings. The smallest absolute Gasteiger partial charge is 0.226 e. The third-order valence-corrected chi connectivity index (χ3v) is 5.51. The number of rotatable bonds is 7. The van der Waals surface area contributed by atoms with Crippen LogP contribution in [0.25, 0.3) is 21.5 Å². The summed E-state index contributed by atoms with van der Waals surface area (Å²) in [6.45, 7) is 1.29. The van der Waals surface area contributed by atoms with Crippen molar-refractivity contribution in [2.75, 3.05) is 13.7 Å². The largest absolute Gasteiger partial charge is 0.497 e. The molecule has 0 fully saturated rings. The standard InChI is InChI=1S/C22H21N3O2S/c1-27-19-7-8-20-17(13-19)9-11-25(20)12-10-23-21(26)14-18-15-28-22(24-18)16-5-3-2-4-6-16/h2-9,11,13,15H,10,12,14H2,1H3,(H,23,26). The predicted molar refractivity (Wildman–Crippen MR) is 113 cm³/mol. The van der Waals surface area contributed by atoms with Crippen molar-refractivity contribution < 1.29 is 9.53 Å². The fourth-order valence-electron chi connectivity index (χ4n) is 3.14. The summed E-state index contributed by atoms with van der Waals surface area (Å²) in [6.07, 6.45) is 2.33. The quantitative estimate of drug-likeness (QED) is 0.515. The van der Waals surface area contributed by atoms with Crippen molar-refractivity contribution >= 4 is 28.1 Å². The van der Waals surface area contributed by atoms with Gasteiger partial charge in [-0.3, -0.25) is 4.79 Å². The van der Waals surface area contributed by atoms with Crippen molar-refractivity contribution in [2.24, 2.45) is 0 Å². The van der Waals surface area contributed by atoms with E-state index in [1.807, 2.05) is 60.1 Å². The van der Waals surface area contributed by atoms with E-state index in [2.05, 4.69) is 20.9 Å². The number of aromatic nitrogens is 2. The van der Waals surface area contributed by atoms with Gasteiger partial charge in [0.2, 0.25) is 5.91 Å². The molecule has 142 valence electrons. The van der Waals surface area contributed by atoms with Crippen LogP contribution in [0.4, 0.5) is 0 Å². The highest BCUT2D eigenvalue weighted by atomic mass is 32.1. The number of hydrogen-bond donors (Lipinski definition) is 1. The second kappa shape index (κ2) is 8.27. The third-order valence-electron chi connectivity index (χ3n) is 4.57. The predicted octanol–water partition coefficient (Wildman–Crippen LogP) is 4.13. The number of amides is 1. The molecule has 0 bridgehead atoms. The Balaban J connectivity index is 1.31. The SMILES string of the molecule is COc1ccc2c(ccn2CCNC(=O)Cc2csc(-c3ccccc3)n2)c1. The maximum Gasteiger partial charge on any atom is 0.226 e. The number of thiazole rings is 1. The van der Waals surface area contributed by atoms with E-state index in [0.717, 1.165) is 32.9 Å². The van der Waals surface area contributed by atoms with E-state index in [-0.39, 0.29) is 5.91 Å². The van der Waals surface area contributed by atoms with E-state index in [0.29, 0.717) is 19.5 Å². The second-order valence-corrected chi connectivity index (χ2v) is 7.33. The average molecular weight is 391 g/mol. The molecular weight excluding hydrogens is 370 g/mol. The Morgan fingerprint density at radius 1 is 1.18 bits per heavy atom. The summed E-state index contributed by atoms with van der Waals surface area (Å²) in [5.41, 5.74) is 3.01. The molecule has 0 saturated carbocycles. The number of fused-ring (bicyclic) bond motifs is 1. The molecular formula is C22H21N3O2S. The molecule has 1 amide bonds. The average Bonchev–Trinajstić information content (AvgIpc) is 3.35. The maximum atomic E-state index is 12.3. The molecule has 1 N–H and O–H groups in total. The van der Waals surface area contributed by atoms with Crippen LogP contribution in [0.3, 0.4) is 0 Å². The number of ether oxygens (including phenoxy) is 1. The third kappa shape index (κ3) is 4.07. The van der Waals surface area contributed by atoms with Gasteiger partial charge >= 0.3 is 0 Å². The zero-order valence-corrected chi connectivity index (χ0v) is 16.4. The molecule has 0 atom stereocenters. The molecule has 2 heterocycles. The first-order valence-corrected chi connectivity index (χ1v) is 10.0. The lowest BCUT2D eigenvalue weighted by molar-refractivity contribution is -0.120. The highest BCUT2D eigenvalue weighted by molar-refractivity contribution is 7.13. The first kappa shape index (κ1) is 18.3. The van der Waals surface area contributed by atoms with Crippen LogP contribution in [0, 0.1) is 0 Å². The van der Waals surface area contributed by atoms with Gasteiger partial charge in [0.1, 0.15) is 10.8 Å². The lowest BCUT2D eigenvalue weighted by atomic mass is 10.2. The minimum atomic E-state index is -0.0111. The number of carbonyl (C=O) groups is 1. The van der Waals surface area contributed by atoms with Gasteiger partial charge in [0.25, 0.3) is 0 Å². The van der Waals surface area contributed by atoms with Gasteiger partial charge in [0.05, 0.1) is 19.2 Å². The monoisotopic (exact) mass is 391 g/mol. The first-order chi connectivity index (χ1) is 13.7. The molecule has 2 aromatic carbocycles. The van der Waals surface area contributed by atoms with Gasteiger partial charge in [0, 0.05) is 41.1 Å². The van der Waals surface area contributed by atoms with E-state index in [4.69, 9.17) is 4.74 Å². The van der Waals surface area contributed by atoms with Crippen LogP contribution in [0.2, 0.25) is 0 Å². The number of methoxy groups -OCH3 is 1. The molecule has 0 aliphatic carbocycles. The molecule has 2 aromatic heterocycles. The highest BCUT2D eigenvalue weighted by Crippen LogP contribution is 2.23. The van der Waals surface area contributed by atoms with Crippen molar-refractivity contribution in [2.45, 2.75) is 13.0 Å². The first-order valence-electron chi connectivity index (χ1n) is 9.12. The molecule has 0 spiro atoms. The minimum absolute atomic E-state index is 0.0111. The topological polar surface area (TPSA) is 56.1 Å². The second-order valence-electron chi connectivity index (χ2n) is 6.47. The van der Waals surface area contributed by atoms with Crippen LogP contribution in [-0.2, 0) is 17.8 Å². The fraction of sp³-hybridized carbons (Fsp3) is 0.182. The van der Waals surface area contributed by atoms with Gasteiger partial charge in [-0.2, -0.15) is 0 Å². The Morgan fingerprint density at radius 2 is 2.04 bits per heavy atom. The minimum Gasteiger partial charge on any atom is -0.497 e. The van der Waals surface area contributed by atoms with E-state index < -0.39 is 0 Å². The van der Waals surface area contributed by atoms with Crippen LogP contribution in [0.15, 0.2) is 66.2 Å². The van der Waals surface area contributed by atoms with E-state index >= 15 is 0 Å². The van der Waals surface area contributed by atoms with Crippen molar-refractivity contribution in [3.05, 3.63) is 71.9 Å². The van der Waals surface area contributed by atoms with Crippen LogP contribution >= 0.6 is 11.3 Å². The van der Waals surface area contributed by atoms with Gasteiger partial charge in [-0.05, 0) is 24.3 Å². The summed E-state index contributed by atoms with van der Waals surface area (Å²) in [5, 5.41) is 7.01. The van der Waals surface area contributed by atoms with Crippen molar-refractivity contribution in [3.63, 3.8) is 0 Å². The fourth-order valence-corrected chi connectivity index (χ4v) is 3.97. The summed E-state index contributed by atoms with van der Waals surface area (Å²) in [6, 6.07) is 18.1. The van der Waals surface area contributed by atoms with Gasteiger partial charge < -0.3 is 14.6 Å². The molecule has 0 unspecified atom stereocenters. The zero-order chi connectivity index (χ0) is 19.3. The van der Waals surface area contributed by atoms with Crippen molar-refractivity contribution in [1.82, 2.24) is 14.9 Å². The molecule has 5 nitrogen and oxygen atoms in total. The molecule has 0 saturated heterocycles. The molecule has 0 radical (unpaired) electrons. The molecule has 6 heteroatoms. The van der Waals surface area contributed by atoms with Crippen molar-refractivity contribution in [3.8, 4) is 16.3 Å². The molecule has 28 heavy (non-hydrogen) atoms. The summed E-state index contributed by atoms with van der Waals surface area (Å²) in [7, 11) is 1.67. The summed E-state index contributed by atoms with van der Waals surface area (Å²) in [4.78, 5) is 16.8. The summed E-state index contributed by atoms with van der Waals surface area (Å²) < 4.78 is 7.39. The lowest BCUT2D eigenvalue weighted by Crippen LogP contribution is -2.28. The van der Waals surface area contributed by atoms with E-state index in [1.165, 1.54) is 0 Å². The highest BCUT2D eigenvalue weighted by Gasteiger charge is 2.09. The van der Waals surface area contributed by atoms with Crippen LogP contribution < -0.4 is 10.1 Å². The number of nitrogens with zero attached hydrogens (tertiary/aromatic N) is 2. The molecule has 0 aliphatic heterocycles. The van der Waals surface area contributed by atoms with Crippen LogP contribution in [0.5, 0.6) is 5.75 Å². The Morgan fingerprint density at radius 3 is 2.86 bits per heavy atom. The maximum absolute atomic E-state index is 12.3. The zero-order valence-electron chi connectivity index (χ0n) is 15.6.